The van der Waals surface area contributed by atoms with Crippen molar-refractivity contribution in [2.45, 2.75) is 26.2 Å². The second-order valence-electron chi connectivity index (χ2n) is 3.96. The van der Waals surface area contributed by atoms with Crippen LogP contribution in [0.4, 0.5) is 0 Å². The Labute approximate surface area is 85.1 Å². The normalized spacial score (nSPS) is 20.1. The second kappa shape index (κ2) is 3.58. The topological polar surface area (TPSA) is 20.2 Å². The zero-order valence-electron chi connectivity index (χ0n) is 8.75. The molecule has 0 aromatic heterocycles. The van der Waals surface area contributed by atoms with Crippen molar-refractivity contribution in [3.8, 4) is 0 Å². The van der Waals surface area contributed by atoms with Crippen LogP contribution < -0.4 is 0 Å². The Bertz CT molecular complexity index is 377. The predicted octanol–water partition coefficient (Wildman–Crippen LogP) is 2.96. The van der Waals surface area contributed by atoms with E-state index >= 15 is 0 Å². The Balaban J connectivity index is 2.47. The first-order valence-electron chi connectivity index (χ1n) is 5.13. The van der Waals surface area contributed by atoms with Crippen LogP contribution in [-0.2, 0) is 0 Å². The summed E-state index contributed by atoms with van der Waals surface area (Å²) >= 11 is 0. The van der Waals surface area contributed by atoms with Crippen LogP contribution in [-0.4, -0.2) is 11.7 Å². The van der Waals surface area contributed by atoms with Crippen LogP contribution in [0.3, 0.4) is 0 Å². The highest BCUT2D eigenvalue weighted by molar-refractivity contribution is 5.76. The number of hydrogen-bond donors (Lipinski definition) is 1. The maximum Gasteiger partial charge on any atom is 0.0439 e. The molecular weight excluding hydrogens is 172 g/mol. The molecule has 1 unspecified atom stereocenters. The average molecular weight is 188 g/mol. The number of rotatable bonds is 2. The quantitative estimate of drug-likeness (QED) is 0.756. The van der Waals surface area contributed by atoms with Crippen molar-refractivity contribution >= 4 is 5.57 Å². The second-order valence-corrected chi connectivity index (χ2v) is 3.96. The van der Waals surface area contributed by atoms with Gasteiger partial charge in [-0.15, -0.1) is 0 Å². The van der Waals surface area contributed by atoms with Crippen molar-refractivity contribution in [1.82, 2.24) is 0 Å². The lowest BCUT2D eigenvalue weighted by Crippen LogP contribution is -1.99. The Morgan fingerprint density at radius 3 is 2.64 bits per heavy atom. The van der Waals surface area contributed by atoms with Gasteiger partial charge in [0.2, 0.25) is 0 Å². The lowest BCUT2D eigenvalue weighted by atomic mass is 9.94. The van der Waals surface area contributed by atoms with Crippen LogP contribution in [0.15, 0.2) is 29.8 Å². The number of hydrogen-bond acceptors (Lipinski definition) is 1. The Kier molecular flexibility index (Phi) is 2.42. The molecule has 1 N–H and O–H groups in total. The molecule has 0 radical (unpaired) electrons. The SMILES string of the molecule is CC1=C(C)C(CCO)c2ccccc21. The van der Waals surface area contributed by atoms with Crippen molar-refractivity contribution in [3.63, 3.8) is 0 Å². The van der Waals surface area contributed by atoms with Crippen molar-refractivity contribution in [2.75, 3.05) is 6.61 Å². The third-order valence-electron chi connectivity index (χ3n) is 3.27. The third-order valence-corrected chi connectivity index (χ3v) is 3.27. The Hall–Kier alpha value is -1.08. The fourth-order valence-electron chi connectivity index (χ4n) is 2.35. The third kappa shape index (κ3) is 1.28. The average Bonchev–Trinajstić information content (AvgIpc) is 2.45. The number of aliphatic hydroxyl groups excluding tert-OH is 1. The van der Waals surface area contributed by atoms with Crippen LogP contribution in [0, 0.1) is 0 Å². The van der Waals surface area contributed by atoms with Crippen molar-refractivity contribution in [2.24, 2.45) is 0 Å². The monoisotopic (exact) mass is 188 g/mol. The molecular formula is C13H16O. The largest absolute Gasteiger partial charge is 0.396 e. The van der Waals surface area contributed by atoms with E-state index in [1.54, 1.807) is 0 Å². The maximum atomic E-state index is 9.03. The summed E-state index contributed by atoms with van der Waals surface area (Å²) in [6, 6.07) is 8.51. The molecule has 1 aromatic carbocycles. The van der Waals surface area contributed by atoms with Crippen LogP contribution in [0.5, 0.6) is 0 Å². The first kappa shape index (κ1) is 9.47. The zero-order valence-corrected chi connectivity index (χ0v) is 8.75. The fourth-order valence-corrected chi connectivity index (χ4v) is 2.35. The minimum absolute atomic E-state index is 0.267. The first-order valence-corrected chi connectivity index (χ1v) is 5.13. The molecule has 1 aliphatic carbocycles. The molecule has 2 rings (SSSR count). The molecule has 1 aliphatic rings. The molecule has 0 bridgehead atoms. The maximum absolute atomic E-state index is 9.03. The molecule has 1 atom stereocenters. The highest BCUT2D eigenvalue weighted by Gasteiger charge is 2.25. The van der Waals surface area contributed by atoms with Crippen molar-refractivity contribution < 1.29 is 5.11 Å². The first-order chi connectivity index (χ1) is 6.75. The van der Waals surface area contributed by atoms with Gasteiger partial charge in [0.15, 0.2) is 0 Å². The molecule has 14 heavy (non-hydrogen) atoms. The van der Waals surface area contributed by atoms with E-state index in [0.717, 1.165) is 6.42 Å². The number of allylic oxidation sites excluding steroid dienone is 2. The van der Waals surface area contributed by atoms with Gasteiger partial charge in [-0.2, -0.15) is 0 Å². The fraction of sp³-hybridized carbons (Fsp3) is 0.385. The minimum atomic E-state index is 0.267. The van der Waals surface area contributed by atoms with Gasteiger partial charge < -0.3 is 5.11 Å². The Morgan fingerprint density at radius 1 is 1.21 bits per heavy atom. The molecule has 0 saturated heterocycles. The molecule has 0 saturated carbocycles. The number of benzene rings is 1. The minimum Gasteiger partial charge on any atom is -0.396 e. The number of aliphatic hydroxyl groups is 1. The summed E-state index contributed by atoms with van der Waals surface area (Å²) in [7, 11) is 0. The molecule has 0 heterocycles. The van der Waals surface area contributed by atoms with Gasteiger partial charge in [-0.25, -0.2) is 0 Å². The summed E-state index contributed by atoms with van der Waals surface area (Å²) in [6.45, 7) is 4.62. The van der Waals surface area contributed by atoms with Crippen LogP contribution in [0.1, 0.15) is 37.3 Å². The predicted molar refractivity (Wildman–Crippen MR) is 59.2 cm³/mol. The lowest BCUT2D eigenvalue weighted by molar-refractivity contribution is 0.281. The van der Waals surface area contributed by atoms with Gasteiger partial charge in [-0.05, 0) is 37.0 Å². The van der Waals surface area contributed by atoms with Crippen LogP contribution in [0.25, 0.3) is 5.57 Å². The van der Waals surface area contributed by atoms with Gasteiger partial charge in [0.25, 0.3) is 0 Å². The van der Waals surface area contributed by atoms with Gasteiger partial charge in [-0.1, -0.05) is 29.8 Å². The van der Waals surface area contributed by atoms with E-state index in [1.165, 1.54) is 22.3 Å². The highest BCUT2D eigenvalue weighted by atomic mass is 16.3. The zero-order chi connectivity index (χ0) is 10.1. The smallest absolute Gasteiger partial charge is 0.0439 e. The van der Waals surface area contributed by atoms with Gasteiger partial charge in [0.1, 0.15) is 0 Å². The summed E-state index contributed by atoms with van der Waals surface area (Å²) in [4.78, 5) is 0. The van der Waals surface area contributed by atoms with Gasteiger partial charge >= 0.3 is 0 Å². The molecule has 1 nitrogen and oxygen atoms in total. The van der Waals surface area contributed by atoms with Crippen LogP contribution >= 0.6 is 0 Å². The molecule has 0 spiro atoms. The Morgan fingerprint density at radius 2 is 1.93 bits per heavy atom. The highest BCUT2D eigenvalue weighted by Crippen LogP contribution is 2.42. The van der Waals surface area contributed by atoms with E-state index < -0.39 is 0 Å². The van der Waals surface area contributed by atoms with E-state index in [0.29, 0.717) is 5.92 Å². The summed E-state index contributed by atoms with van der Waals surface area (Å²) < 4.78 is 0. The summed E-state index contributed by atoms with van der Waals surface area (Å²) in [6.07, 6.45) is 0.847. The van der Waals surface area contributed by atoms with E-state index in [9.17, 15) is 0 Å². The molecule has 1 aromatic rings. The summed E-state index contributed by atoms with van der Waals surface area (Å²) in [5.74, 6) is 0.441. The summed E-state index contributed by atoms with van der Waals surface area (Å²) in [5.41, 5.74) is 5.55. The van der Waals surface area contributed by atoms with E-state index in [1.807, 2.05) is 0 Å². The molecule has 1 heteroatoms. The summed E-state index contributed by atoms with van der Waals surface area (Å²) in [5, 5.41) is 9.03. The van der Waals surface area contributed by atoms with Gasteiger partial charge in [0.05, 0.1) is 0 Å². The van der Waals surface area contributed by atoms with E-state index in [4.69, 9.17) is 5.11 Å². The molecule has 0 fully saturated rings. The molecule has 0 amide bonds. The van der Waals surface area contributed by atoms with Crippen molar-refractivity contribution in [1.29, 1.82) is 0 Å². The standard InChI is InChI=1S/C13H16O/c1-9-10(2)12(7-8-14)13-6-4-3-5-11(9)13/h3-6,12,14H,7-8H2,1-2H3. The molecule has 0 aliphatic heterocycles. The van der Waals surface area contributed by atoms with E-state index in [-0.39, 0.29) is 6.61 Å². The lowest BCUT2D eigenvalue weighted by Gasteiger charge is -2.11. The number of fused-ring (bicyclic) bond motifs is 1. The van der Waals surface area contributed by atoms with Crippen molar-refractivity contribution in [3.05, 3.63) is 41.0 Å². The van der Waals surface area contributed by atoms with Gasteiger partial charge in [0, 0.05) is 12.5 Å². The molecule has 74 valence electrons. The van der Waals surface area contributed by atoms with E-state index in [2.05, 4.69) is 38.1 Å². The van der Waals surface area contributed by atoms with Crippen LogP contribution in [0.2, 0.25) is 0 Å². The van der Waals surface area contributed by atoms with Gasteiger partial charge in [-0.3, -0.25) is 0 Å².